The van der Waals surface area contributed by atoms with E-state index in [1.807, 2.05) is 0 Å². The zero-order valence-corrected chi connectivity index (χ0v) is 8.23. The molecule has 8 heteroatoms. The predicted molar refractivity (Wildman–Crippen MR) is 8.92 cm³/mol. The van der Waals surface area contributed by atoms with Crippen LogP contribution >= 0.6 is 0 Å². The van der Waals surface area contributed by atoms with Crippen molar-refractivity contribution in [1.29, 1.82) is 0 Å². The Morgan fingerprint density at radius 3 is 1.12 bits per heavy atom. The minimum atomic E-state index is -3.65. The van der Waals surface area contributed by atoms with Crippen molar-refractivity contribution in [2.45, 2.75) is 0 Å². The molecule has 0 atom stereocenters. The first-order chi connectivity index (χ1) is 3.15. The van der Waals surface area contributed by atoms with E-state index in [4.69, 9.17) is 21.0 Å². The summed E-state index contributed by atoms with van der Waals surface area (Å²) >= 11 is -4.40. The first kappa shape index (κ1) is 16.1. The Bertz CT molecular complexity index is 54.7. The second kappa shape index (κ2) is 15.7. The molecule has 0 spiro atoms. The third-order valence-electron chi connectivity index (χ3n) is 0. The van der Waals surface area contributed by atoms with Crippen LogP contribution in [-0.2, 0) is 11.6 Å². The quantitative estimate of drug-likeness (QED) is 0.373. The molecule has 0 rings (SSSR count). The van der Waals surface area contributed by atoms with Gasteiger partial charge in [0.25, 0.3) is 0 Å². The molecule has 0 aliphatic carbocycles. The van der Waals surface area contributed by atoms with Gasteiger partial charge in [0.1, 0.15) is 0 Å². The summed E-state index contributed by atoms with van der Waals surface area (Å²) in [5.74, 6) is 0. The van der Waals surface area contributed by atoms with Crippen molar-refractivity contribution in [1.82, 2.24) is 0 Å². The zero-order valence-electron chi connectivity index (χ0n) is 3.83. The standard InChI is InChI=1S/BrO3.Na.O2S/c2-1(3)4;;1-3-2/q-1;+1;. The van der Waals surface area contributed by atoms with E-state index in [2.05, 4.69) is 0 Å². The van der Waals surface area contributed by atoms with Crippen LogP contribution in [0.25, 0.3) is 0 Å². The van der Waals surface area contributed by atoms with E-state index in [-0.39, 0.29) is 29.6 Å². The molecular weight excluding hydrogens is 215 g/mol. The molecule has 0 fully saturated rings. The third-order valence-corrected chi connectivity index (χ3v) is 0. The molecule has 0 unspecified atom stereocenters. The Kier molecular flexibility index (Phi) is 31.6. The van der Waals surface area contributed by atoms with Gasteiger partial charge in [-0.3, -0.25) is 0 Å². The average molecular weight is 215 g/mol. The normalized spacial score (nSPS) is 6.00. The molecule has 0 heterocycles. The summed E-state index contributed by atoms with van der Waals surface area (Å²) in [7, 11) is 0. The van der Waals surface area contributed by atoms with Crippen molar-refractivity contribution >= 4 is 11.6 Å². The Hall–Kier alpha value is 1.18. The molecule has 0 aromatic rings. The van der Waals surface area contributed by atoms with Crippen LogP contribution in [-0.4, -0.2) is 8.42 Å². The molecular formula is BrNaO5S. The molecule has 0 saturated heterocycles. The molecule has 0 aliphatic heterocycles. The van der Waals surface area contributed by atoms with Crippen molar-refractivity contribution in [3.8, 4) is 0 Å². The fourth-order valence-corrected chi connectivity index (χ4v) is 0. The van der Waals surface area contributed by atoms with Crippen LogP contribution in [0.3, 0.4) is 0 Å². The smallest absolute Gasteiger partial charge is 0.405 e. The summed E-state index contributed by atoms with van der Waals surface area (Å²) in [4.78, 5) is 0. The van der Waals surface area contributed by atoms with Crippen LogP contribution in [0.15, 0.2) is 0 Å². The topological polar surface area (TPSA) is 103 Å². The number of halogens is 1. The first-order valence-electron chi connectivity index (χ1n) is 0.796. The number of hydrogen-bond donors (Lipinski definition) is 0. The van der Waals surface area contributed by atoms with Crippen molar-refractivity contribution in [3.05, 3.63) is 0 Å². The summed E-state index contributed by atoms with van der Waals surface area (Å²) in [5.41, 5.74) is 0. The summed E-state index contributed by atoms with van der Waals surface area (Å²) in [6, 6.07) is 0. The maximum atomic E-state index is 8.52. The minimum Gasteiger partial charge on any atom is -0.405 e. The van der Waals surface area contributed by atoms with Crippen LogP contribution in [0.1, 0.15) is 0 Å². The first-order valence-corrected chi connectivity index (χ1v) is 3.41. The molecule has 0 amide bonds. The maximum Gasteiger partial charge on any atom is 1.00 e. The van der Waals surface area contributed by atoms with E-state index in [1.54, 1.807) is 0 Å². The van der Waals surface area contributed by atoms with Gasteiger partial charge in [0.2, 0.25) is 14.8 Å². The van der Waals surface area contributed by atoms with E-state index in [0.29, 0.717) is 0 Å². The monoisotopic (exact) mass is 214 g/mol. The van der Waals surface area contributed by atoms with Gasteiger partial charge in [0, 0.05) is 0 Å². The van der Waals surface area contributed by atoms with Crippen LogP contribution < -0.4 is 42.2 Å². The largest absolute Gasteiger partial charge is 1.00 e. The molecule has 0 N–H and O–H groups in total. The summed E-state index contributed by atoms with van der Waals surface area (Å²) in [6.45, 7) is 0. The molecule has 0 radical (unpaired) electrons. The van der Waals surface area contributed by atoms with Crippen molar-refractivity contribution < 1.29 is 65.4 Å². The fraction of sp³-hybridized carbons (Fsp3) is 0. The van der Waals surface area contributed by atoms with Gasteiger partial charge in [-0.15, -0.1) is 0 Å². The van der Waals surface area contributed by atoms with Gasteiger partial charge in [-0.1, -0.05) is 0 Å². The number of hydrogen-bond acceptors (Lipinski definition) is 5. The van der Waals surface area contributed by atoms with Gasteiger partial charge in [0.15, 0.2) is 0 Å². The number of rotatable bonds is 0. The van der Waals surface area contributed by atoms with Gasteiger partial charge in [-0.05, 0) is 0 Å². The molecule has 0 aromatic heterocycles. The second-order valence-electron chi connectivity index (χ2n) is 0.257. The van der Waals surface area contributed by atoms with Crippen molar-refractivity contribution in [2.24, 2.45) is 0 Å². The van der Waals surface area contributed by atoms with Crippen molar-refractivity contribution in [2.75, 3.05) is 0 Å². The van der Waals surface area contributed by atoms with E-state index >= 15 is 0 Å². The van der Waals surface area contributed by atoms with Gasteiger partial charge >= 0.3 is 41.1 Å². The van der Waals surface area contributed by atoms with Gasteiger partial charge < -0.3 is 12.6 Å². The Labute approximate surface area is 76.4 Å². The molecule has 0 bridgehead atoms. The van der Waals surface area contributed by atoms with E-state index in [0.717, 1.165) is 0 Å². The fourth-order valence-electron chi connectivity index (χ4n) is 0. The molecule has 44 valence electrons. The van der Waals surface area contributed by atoms with Gasteiger partial charge in [-0.2, -0.15) is 8.42 Å². The maximum absolute atomic E-state index is 8.52. The Balaban J connectivity index is -0.0000000575. The van der Waals surface area contributed by atoms with Gasteiger partial charge in [-0.25, -0.2) is 0 Å². The Morgan fingerprint density at radius 1 is 1.12 bits per heavy atom. The summed E-state index contributed by atoms with van der Waals surface area (Å²) < 4.78 is 42.1. The molecule has 0 saturated carbocycles. The van der Waals surface area contributed by atoms with E-state index in [1.165, 1.54) is 0 Å². The second-order valence-corrected chi connectivity index (χ2v) is 1.19. The van der Waals surface area contributed by atoms with Crippen molar-refractivity contribution in [3.63, 3.8) is 0 Å². The molecule has 0 aromatic carbocycles. The summed E-state index contributed by atoms with van der Waals surface area (Å²) in [6.07, 6.45) is 0. The van der Waals surface area contributed by atoms with Crippen LogP contribution in [0, 0.1) is 14.8 Å². The average Bonchev–Trinajstić information content (AvgIpc) is 1.33. The Morgan fingerprint density at radius 2 is 1.12 bits per heavy atom. The molecule has 0 aliphatic rings. The SMILES string of the molecule is O=S=O.[Na+].[O-][Br+2]([O-])[O-]. The van der Waals surface area contributed by atoms with E-state index < -0.39 is 26.4 Å². The van der Waals surface area contributed by atoms with Gasteiger partial charge in [0.05, 0.1) is 0 Å². The van der Waals surface area contributed by atoms with E-state index in [9.17, 15) is 0 Å². The van der Waals surface area contributed by atoms with Crippen LogP contribution in [0.5, 0.6) is 0 Å². The predicted octanol–water partition coefficient (Wildman–Crippen LogP) is -7.23. The minimum absolute atomic E-state index is 0. The third kappa shape index (κ3) is 197. The zero-order chi connectivity index (χ0) is 6.28. The molecule has 5 nitrogen and oxygen atoms in total. The molecule has 8 heavy (non-hydrogen) atoms. The summed E-state index contributed by atoms with van der Waals surface area (Å²) in [5, 5.41) is 0. The van der Waals surface area contributed by atoms with Crippen LogP contribution in [0.4, 0.5) is 0 Å². The van der Waals surface area contributed by atoms with Crippen LogP contribution in [0.2, 0.25) is 0 Å².